The van der Waals surface area contributed by atoms with Crippen molar-refractivity contribution in [3.8, 4) is 0 Å². The molecule has 0 amide bonds. The number of aryl methyl sites for hydroxylation is 2. The lowest BCUT2D eigenvalue weighted by Crippen LogP contribution is -1.99. The summed E-state index contributed by atoms with van der Waals surface area (Å²) in [4.78, 5) is 14.6. The molecule has 1 aromatic heterocycles. The normalized spacial score (nSPS) is 10.8. The van der Waals surface area contributed by atoms with E-state index in [2.05, 4.69) is 4.98 Å². The Morgan fingerprint density at radius 1 is 1.40 bits per heavy atom. The minimum absolute atomic E-state index is 0.174. The van der Waals surface area contributed by atoms with Crippen LogP contribution in [0.1, 0.15) is 17.0 Å². The van der Waals surface area contributed by atoms with Crippen molar-refractivity contribution in [2.24, 2.45) is 0 Å². The number of oxazole rings is 1. The van der Waals surface area contributed by atoms with Gasteiger partial charge in [0.05, 0.1) is 0 Å². The van der Waals surface area contributed by atoms with Gasteiger partial charge in [-0.25, -0.2) is 4.98 Å². The first kappa shape index (κ1) is 9.71. The summed E-state index contributed by atoms with van der Waals surface area (Å²) in [7, 11) is 0. The second kappa shape index (κ2) is 3.38. The molecular weight excluding hydrogens is 194 g/mol. The van der Waals surface area contributed by atoms with Crippen LogP contribution in [-0.2, 0) is 11.2 Å². The van der Waals surface area contributed by atoms with Crippen LogP contribution < -0.4 is 0 Å². The lowest BCUT2D eigenvalue weighted by atomic mass is 10.1. The van der Waals surface area contributed by atoms with Crippen molar-refractivity contribution >= 4 is 17.1 Å². The second-order valence-corrected chi connectivity index (χ2v) is 3.58. The maximum atomic E-state index is 10.5. The molecule has 0 bridgehead atoms. The highest BCUT2D eigenvalue weighted by Crippen LogP contribution is 2.20. The molecule has 1 aromatic carbocycles. The van der Waals surface area contributed by atoms with E-state index in [1.165, 1.54) is 0 Å². The standard InChI is InChI=1S/C11H11NO3/c1-6-3-8-9(4-7(6)2)15-10(12-8)5-11(13)14/h3-4H,5H2,1-2H3,(H,13,14). The van der Waals surface area contributed by atoms with Crippen molar-refractivity contribution in [2.45, 2.75) is 20.3 Å². The molecule has 0 spiro atoms. The molecular formula is C11H11NO3. The average Bonchev–Trinajstić information content (AvgIpc) is 2.46. The molecule has 0 atom stereocenters. The number of aromatic nitrogens is 1. The van der Waals surface area contributed by atoms with E-state index in [1.54, 1.807) is 0 Å². The maximum Gasteiger partial charge on any atom is 0.312 e. The average molecular weight is 205 g/mol. The lowest BCUT2D eigenvalue weighted by Gasteiger charge is -1.96. The third kappa shape index (κ3) is 1.83. The maximum absolute atomic E-state index is 10.5. The van der Waals surface area contributed by atoms with Gasteiger partial charge < -0.3 is 9.52 Å². The van der Waals surface area contributed by atoms with Crippen molar-refractivity contribution in [1.82, 2.24) is 4.98 Å². The van der Waals surface area contributed by atoms with E-state index < -0.39 is 5.97 Å². The number of hydrogen-bond acceptors (Lipinski definition) is 3. The molecule has 0 radical (unpaired) electrons. The molecule has 0 saturated heterocycles. The molecule has 0 aliphatic carbocycles. The fourth-order valence-electron chi connectivity index (χ4n) is 1.43. The lowest BCUT2D eigenvalue weighted by molar-refractivity contribution is -0.136. The number of aliphatic carboxylic acids is 1. The van der Waals surface area contributed by atoms with Crippen LogP contribution in [0.5, 0.6) is 0 Å². The number of hydrogen-bond donors (Lipinski definition) is 1. The van der Waals surface area contributed by atoms with Crippen molar-refractivity contribution in [2.75, 3.05) is 0 Å². The number of benzene rings is 1. The summed E-state index contributed by atoms with van der Waals surface area (Å²) in [6.45, 7) is 3.97. The Hall–Kier alpha value is -1.84. The third-order valence-electron chi connectivity index (χ3n) is 2.35. The number of carbonyl (C=O) groups is 1. The van der Waals surface area contributed by atoms with Crippen molar-refractivity contribution in [3.05, 3.63) is 29.2 Å². The minimum atomic E-state index is -0.935. The fraction of sp³-hybridized carbons (Fsp3) is 0.273. The van der Waals surface area contributed by atoms with Gasteiger partial charge in [0.2, 0.25) is 5.89 Å². The first-order chi connectivity index (χ1) is 7.06. The monoisotopic (exact) mass is 205 g/mol. The van der Waals surface area contributed by atoms with E-state index in [4.69, 9.17) is 9.52 Å². The molecule has 0 unspecified atom stereocenters. The summed E-state index contributed by atoms with van der Waals surface area (Å²) in [6, 6.07) is 3.78. The predicted molar refractivity (Wildman–Crippen MR) is 54.8 cm³/mol. The Morgan fingerprint density at radius 2 is 2.07 bits per heavy atom. The van der Waals surface area contributed by atoms with Gasteiger partial charge in [-0.3, -0.25) is 4.79 Å². The van der Waals surface area contributed by atoms with E-state index in [-0.39, 0.29) is 12.3 Å². The van der Waals surface area contributed by atoms with Gasteiger partial charge >= 0.3 is 5.97 Å². The Kier molecular flexibility index (Phi) is 2.19. The summed E-state index contributed by atoms with van der Waals surface area (Å²) in [6.07, 6.45) is -0.174. The highest BCUT2D eigenvalue weighted by atomic mass is 16.4. The SMILES string of the molecule is Cc1cc2nc(CC(=O)O)oc2cc1C. The first-order valence-electron chi connectivity index (χ1n) is 4.65. The van der Waals surface area contributed by atoms with Crippen LogP contribution in [0, 0.1) is 13.8 Å². The van der Waals surface area contributed by atoms with Gasteiger partial charge in [-0.2, -0.15) is 0 Å². The van der Waals surface area contributed by atoms with Crippen LogP contribution in [0.3, 0.4) is 0 Å². The first-order valence-corrected chi connectivity index (χ1v) is 4.65. The number of rotatable bonds is 2. The van der Waals surface area contributed by atoms with Gasteiger partial charge in [-0.05, 0) is 37.1 Å². The number of nitrogens with zero attached hydrogens (tertiary/aromatic N) is 1. The van der Waals surface area contributed by atoms with Crippen molar-refractivity contribution in [3.63, 3.8) is 0 Å². The van der Waals surface area contributed by atoms with Crippen LogP contribution in [-0.4, -0.2) is 16.1 Å². The molecule has 15 heavy (non-hydrogen) atoms. The Bertz CT molecular complexity index is 489. The molecule has 0 aliphatic heterocycles. The van der Waals surface area contributed by atoms with E-state index in [0.717, 1.165) is 11.1 Å². The molecule has 78 valence electrons. The van der Waals surface area contributed by atoms with Crippen LogP contribution in [0.25, 0.3) is 11.1 Å². The van der Waals surface area contributed by atoms with E-state index in [1.807, 2.05) is 26.0 Å². The fourth-order valence-corrected chi connectivity index (χ4v) is 1.43. The Labute approximate surface area is 86.5 Å². The number of fused-ring (bicyclic) bond motifs is 1. The number of carboxylic acid groups (broad SMARTS) is 1. The van der Waals surface area contributed by atoms with Gasteiger partial charge in [0.15, 0.2) is 5.58 Å². The largest absolute Gasteiger partial charge is 0.481 e. The highest BCUT2D eigenvalue weighted by molar-refractivity contribution is 5.76. The predicted octanol–water partition coefficient (Wildman–Crippen LogP) is 2.07. The zero-order chi connectivity index (χ0) is 11.0. The number of carboxylic acids is 1. The van der Waals surface area contributed by atoms with Gasteiger partial charge in [0.25, 0.3) is 0 Å². The Balaban J connectivity index is 2.51. The summed E-state index contributed by atoms with van der Waals surface area (Å²) in [5.74, 6) is -0.683. The smallest absolute Gasteiger partial charge is 0.312 e. The van der Waals surface area contributed by atoms with Crippen LogP contribution >= 0.6 is 0 Å². The van der Waals surface area contributed by atoms with Gasteiger partial charge in [0, 0.05) is 0 Å². The van der Waals surface area contributed by atoms with Gasteiger partial charge in [-0.1, -0.05) is 0 Å². The van der Waals surface area contributed by atoms with Crippen molar-refractivity contribution < 1.29 is 14.3 Å². The molecule has 0 fully saturated rings. The highest BCUT2D eigenvalue weighted by Gasteiger charge is 2.10. The van der Waals surface area contributed by atoms with Crippen LogP contribution in [0.2, 0.25) is 0 Å². The molecule has 1 heterocycles. The molecule has 0 aliphatic rings. The molecule has 2 rings (SSSR count). The van der Waals surface area contributed by atoms with Gasteiger partial charge in [-0.15, -0.1) is 0 Å². The topological polar surface area (TPSA) is 63.3 Å². The Morgan fingerprint density at radius 3 is 2.73 bits per heavy atom. The zero-order valence-electron chi connectivity index (χ0n) is 8.57. The molecule has 1 N–H and O–H groups in total. The van der Waals surface area contributed by atoms with E-state index in [9.17, 15) is 4.79 Å². The van der Waals surface area contributed by atoms with E-state index in [0.29, 0.717) is 11.1 Å². The molecule has 4 nitrogen and oxygen atoms in total. The van der Waals surface area contributed by atoms with Gasteiger partial charge in [0.1, 0.15) is 11.9 Å². The molecule has 4 heteroatoms. The van der Waals surface area contributed by atoms with Crippen LogP contribution in [0.4, 0.5) is 0 Å². The minimum Gasteiger partial charge on any atom is -0.481 e. The quantitative estimate of drug-likeness (QED) is 0.815. The molecule has 2 aromatic rings. The zero-order valence-corrected chi connectivity index (χ0v) is 8.57. The summed E-state index contributed by atoms with van der Waals surface area (Å²) in [5.41, 5.74) is 3.60. The summed E-state index contributed by atoms with van der Waals surface area (Å²) >= 11 is 0. The van der Waals surface area contributed by atoms with Crippen LogP contribution in [0.15, 0.2) is 16.5 Å². The van der Waals surface area contributed by atoms with E-state index >= 15 is 0 Å². The second-order valence-electron chi connectivity index (χ2n) is 3.58. The summed E-state index contributed by atoms with van der Waals surface area (Å²) in [5, 5.41) is 8.60. The molecule has 0 saturated carbocycles. The third-order valence-corrected chi connectivity index (χ3v) is 2.35. The summed E-state index contributed by atoms with van der Waals surface area (Å²) < 4.78 is 5.32. The van der Waals surface area contributed by atoms with Crippen molar-refractivity contribution in [1.29, 1.82) is 0 Å².